The number of nitrogens with zero attached hydrogens (tertiary/aromatic N) is 2. The molecule has 0 spiro atoms. The summed E-state index contributed by atoms with van der Waals surface area (Å²) in [6, 6.07) is 4.43. The molecule has 1 amide bonds. The van der Waals surface area contributed by atoms with Gasteiger partial charge in [-0.1, -0.05) is 5.16 Å². The van der Waals surface area contributed by atoms with Crippen molar-refractivity contribution in [3.8, 4) is 0 Å². The number of hydrogen-bond acceptors (Lipinski definition) is 4. The second-order valence-electron chi connectivity index (χ2n) is 5.22. The Balaban J connectivity index is 1.70. The van der Waals surface area contributed by atoms with E-state index in [1.807, 2.05) is 0 Å². The first kappa shape index (κ1) is 13.1. The van der Waals surface area contributed by atoms with E-state index in [2.05, 4.69) is 10.1 Å². The number of amides is 1. The van der Waals surface area contributed by atoms with Crippen molar-refractivity contribution in [1.29, 1.82) is 0 Å². The molecule has 2 heterocycles. The Labute approximate surface area is 115 Å². The van der Waals surface area contributed by atoms with Crippen LogP contribution in [0.5, 0.6) is 0 Å². The smallest absolute Gasteiger partial charge is 0.220 e. The molecule has 3 rings (SSSR count). The fraction of sp³-hybridized carbons (Fsp3) is 0.429. The highest BCUT2D eigenvalue weighted by molar-refractivity contribution is 5.79. The summed E-state index contributed by atoms with van der Waals surface area (Å²) in [4.78, 5) is 13.3. The number of hydrogen-bond donors (Lipinski definition) is 1. The Hall–Kier alpha value is -1.95. The van der Waals surface area contributed by atoms with Gasteiger partial charge < -0.3 is 10.3 Å². The Morgan fingerprint density at radius 3 is 2.90 bits per heavy atom. The molecule has 2 N–H and O–H groups in total. The Morgan fingerprint density at radius 2 is 2.20 bits per heavy atom. The number of fused-ring (bicyclic) bond motifs is 1. The second kappa shape index (κ2) is 5.20. The van der Waals surface area contributed by atoms with Crippen molar-refractivity contribution in [2.24, 2.45) is 11.7 Å². The molecule has 1 saturated heterocycles. The van der Waals surface area contributed by atoms with Crippen molar-refractivity contribution in [2.75, 3.05) is 13.1 Å². The van der Waals surface area contributed by atoms with Crippen molar-refractivity contribution in [1.82, 2.24) is 10.1 Å². The highest BCUT2D eigenvalue weighted by Gasteiger charge is 2.24. The molecular formula is C14H16FN3O2. The van der Waals surface area contributed by atoms with Crippen molar-refractivity contribution in [3.63, 3.8) is 0 Å². The molecule has 6 heteroatoms. The monoisotopic (exact) mass is 277 g/mol. The van der Waals surface area contributed by atoms with E-state index in [0.29, 0.717) is 12.1 Å². The maximum atomic E-state index is 13.1. The molecule has 1 aromatic carbocycles. The Kier molecular flexibility index (Phi) is 3.40. The van der Waals surface area contributed by atoms with E-state index >= 15 is 0 Å². The number of nitrogens with two attached hydrogens (primary N) is 1. The number of primary amides is 1. The maximum Gasteiger partial charge on any atom is 0.220 e. The quantitative estimate of drug-likeness (QED) is 0.926. The van der Waals surface area contributed by atoms with E-state index in [1.54, 1.807) is 6.07 Å². The van der Waals surface area contributed by atoms with Crippen LogP contribution in [0.1, 0.15) is 18.5 Å². The van der Waals surface area contributed by atoms with Crippen LogP contribution in [-0.4, -0.2) is 29.1 Å². The zero-order valence-electron chi connectivity index (χ0n) is 11.0. The van der Waals surface area contributed by atoms with Crippen LogP contribution in [0.3, 0.4) is 0 Å². The molecule has 0 atom stereocenters. The predicted molar refractivity (Wildman–Crippen MR) is 71.2 cm³/mol. The van der Waals surface area contributed by atoms with Gasteiger partial charge in [-0.05, 0) is 38.1 Å². The van der Waals surface area contributed by atoms with Crippen molar-refractivity contribution < 1.29 is 13.7 Å². The summed E-state index contributed by atoms with van der Waals surface area (Å²) < 4.78 is 18.2. The lowest BCUT2D eigenvalue weighted by Gasteiger charge is -2.29. The standard InChI is InChI=1S/C14H16FN3O2/c15-10-1-2-11-12(17-20-13(11)7-10)8-18-5-3-9(4-6-18)14(16)19/h1-2,7,9H,3-6,8H2,(H2,16,19). The molecule has 0 aliphatic carbocycles. The summed E-state index contributed by atoms with van der Waals surface area (Å²) in [5.41, 5.74) is 6.59. The Bertz CT molecular complexity index is 632. The highest BCUT2D eigenvalue weighted by atomic mass is 19.1. The minimum atomic E-state index is -0.331. The topological polar surface area (TPSA) is 72.4 Å². The summed E-state index contributed by atoms with van der Waals surface area (Å²) in [5, 5.41) is 4.85. The van der Waals surface area contributed by atoms with Crippen LogP contribution >= 0.6 is 0 Å². The molecule has 0 bridgehead atoms. The first-order chi connectivity index (χ1) is 9.63. The minimum absolute atomic E-state index is 0.0191. The molecule has 0 unspecified atom stereocenters. The zero-order chi connectivity index (χ0) is 14.1. The van der Waals surface area contributed by atoms with Gasteiger partial charge >= 0.3 is 0 Å². The second-order valence-corrected chi connectivity index (χ2v) is 5.22. The Morgan fingerprint density at radius 1 is 1.45 bits per heavy atom. The number of carbonyl (C=O) groups excluding carboxylic acids is 1. The molecule has 1 fully saturated rings. The number of carbonyl (C=O) groups is 1. The van der Waals surface area contributed by atoms with Crippen LogP contribution in [0.15, 0.2) is 22.7 Å². The number of piperidine rings is 1. The largest absolute Gasteiger partial charge is 0.369 e. The van der Waals surface area contributed by atoms with E-state index in [0.717, 1.165) is 37.0 Å². The number of likely N-dealkylation sites (tertiary alicyclic amines) is 1. The van der Waals surface area contributed by atoms with Gasteiger partial charge in [0.05, 0.1) is 0 Å². The lowest BCUT2D eigenvalue weighted by atomic mass is 9.96. The van der Waals surface area contributed by atoms with Gasteiger partial charge in [-0.2, -0.15) is 0 Å². The third-order valence-electron chi connectivity index (χ3n) is 3.87. The van der Waals surface area contributed by atoms with Gasteiger partial charge in [-0.3, -0.25) is 9.69 Å². The average Bonchev–Trinajstić information content (AvgIpc) is 2.81. The van der Waals surface area contributed by atoms with Gasteiger partial charge in [-0.25, -0.2) is 4.39 Å². The molecular weight excluding hydrogens is 261 g/mol. The van der Waals surface area contributed by atoms with E-state index in [4.69, 9.17) is 10.3 Å². The minimum Gasteiger partial charge on any atom is -0.369 e. The maximum absolute atomic E-state index is 13.1. The van der Waals surface area contributed by atoms with Crippen molar-refractivity contribution in [2.45, 2.75) is 19.4 Å². The van der Waals surface area contributed by atoms with Gasteiger partial charge in [0.1, 0.15) is 11.5 Å². The SMILES string of the molecule is NC(=O)C1CCN(Cc2noc3cc(F)ccc23)CC1. The third-order valence-corrected chi connectivity index (χ3v) is 3.87. The lowest BCUT2D eigenvalue weighted by molar-refractivity contribution is -0.123. The summed E-state index contributed by atoms with van der Waals surface area (Å²) in [5.74, 6) is -0.566. The van der Waals surface area contributed by atoms with Gasteiger partial charge in [0.2, 0.25) is 5.91 Å². The van der Waals surface area contributed by atoms with E-state index in [-0.39, 0.29) is 17.6 Å². The average molecular weight is 277 g/mol. The number of halogens is 1. The first-order valence-corrected chi connectivity index (χ1v) is 6.69. The van der Waals surface area contributed by atoms with Gasteiger partial charge in [0.25, 0.3) is 0 Å². The molecule has 1 aliphatic heterocycles. The van der Waals surface area contributed by atoms with Crippen LogP contribution in [0, 0.1) is 11.7 Å². The molecule has 5 nitrogen and oxygen atoms in total. The fourth-order valence-electron chi connectivity index (χ4n) is 2.66. The number of rotatable bonds is 3. The normalized spacial score (nSPS) is 17.6. The summed E-state index contributed by atoms with van der Waals surface area (Å²) in [6.07, 6.45) is 1.56. The number of aromatic nitrogens is 1. The molecule has 2 aromatic rings. The molecule has 0 radical (unpaired) electrons. The van der Waals surface area contributed by atoms with Crippen molar-refractivity contribution >= 4 is 16.9 Å². The molecule has 1 aliphatic rings. The van der Waals surface area contributed by atoms with Crippen molar-refractivity contribution in [3.05, 3.63) is 29.7 Å². The van der Waals surface area contributed by atoms with E-state index < -0.39 is 0 Å². The van der Waals surface area contributed by atoms with Crippen LogP contribution < -0.4 is 5.73 Å². The molecule has 0 saturated carbocycles. The fourth-order valence-corrected chi connectivity index (χ4v) is 2.66. The highest BCUT2D eigenvalue weighted by Crippen LogP contribution is 2.23. The van der Waals surface area contributed by atoms with Crippen LogP contribution in [0.2, 0.25) is 0 Å². The van der Waals surface area contributed by atoms with Gasteiger partial charge in [-0.15, -0.1) is 0 Å². The summed E-state index contributed by atoms with van der Waals surface area (Å²) in [6.45, 7) is 2.26. The number of benzene rings is 1. The zero-order valence-corrected chi connectivity index (χ0v) is 11.0. The van der Waals surface area contributed by atoms with Crippen LogP contribution in [0.4, 0.5) is 4.39 Å². The van der Waals surface area contributed by atoms with Gasteiger partial charge in [0, 0.05) is 23.9 Å². The molecule has 1 aromatic heterocycles. The first-order valence-electron chi connectivity index (χ1n) is 6.69. The lowest BCUT2D eigenvalue weighted by Crippen LogP contribution is -2.38. The van der Waals surface area contributed by atoms with Gasteiger partial charge in [0.15, 0.2) is 5.58 Å². The summed E-state index contributed by atoms with van der Waals surface area (Å²) >= 11 is 0. The van der Waals surface area contributed by atoms with Crippen LogP contribution in [0.25, 0.3) is 11.0 Å². The third kappa shape index (κ3) is 2.51. The van der Waals surface area contributed by atoms with Crippen LogP contribution in [-0.2, 0) is 11.3 Å². The predicted octanol–water partition coefficient (Wildman–Crippen LogP) is 1.66. The molecule has 20 heavy (non-hydrogen) atoms. The van der Waals surface area contributed by atoms with E-state index in [1.165, 1.54) is 12.1 Å². The molecule has 106 valence electrons. The van der Waals surface area contributed by atoms with E-state index in [9.17, 15) is 9.18 Å². The summed E-state index contributed by atoms with van der Waals surface area (Å²) in [7, 11) is 0.